The number of nitrogens with one attached hydrogen (secondary N) is 3. The molecule has 0 aromatic heterocycles. The molecule has 5 N–H and O–H groups in total. The molecule has 2 amide bonds. The van der Waals surface area contributed by atoms with E-state index < -0.39 is 6.03 Å². The summed E-state index contributed by atoms with van der Waals surface area (Å²) in [7, 11) is 0. The standard InChI is InChI=1S/C14H14Br2N4O2/c15-10-5-2-1-4-9(10)8-22-13-11(16)6-3-7-12(13)18-14(21)19-20-17/h1-7,20H,8,17H2,(H2,18,19,21). The van der Waals surface area contributed by atoms with Crippen molar-refractivity contribution in [2.45, 2.75) is 6.61 Å². The Kier molecular flexibility index (Phi) is 6.20. The number of carbonyl (C=O) groups is 1. The summed E-state index contributed by atoms with van der Waals surface area (Å²) < 4.78 is 7.54. The van der Waals surface area contributed by atoms with Crippen LogP contribution in [0.5, 0.6) is 5.75 Å². The molecule has 8 heteroatoms. The molecule has 0 radical (unpaired) electrons. The lowest BCUT2D eigenvalue weighted by molar-refractivity contribution is 0.248. The van der Waals surface area contributed by atoms with Gasteiger partial charge in [-0.15, -0.1) is 0 Å². The lowest BCUT2D eigenvalue weighted by Crippen LogP contribution is -2.44. The van der Waals surface area contributed by atoms with Crippen LogP contribution in [-0.4, -0.2) is 6.03 Å². The molecule has 116 valence electrons. The zero-order valence-electron chi connectivity index (χ0n) is 11.4. The van der Waals surface area contributed by atoms with Gasteiger partial charge in [0, 0.05) is 10.0 Å². The summed E-state index contributed by atoms with van der Waals surface area (Å²) in [6.07, 6.45) is 0. The molecule has 0 saturated carbocycles. The van der Waals surface area contributed by atoms with Crippen LogP contribution in [0.4, 0.5) is 10.5 Å². The topological polar surface area (TPSA) is 88.4 Å². The van der Waals surface area contributed by atoms with Crippen LogP contribution in [0, 0.1) is 0 Å². The number of ether oxygens (including phenoxy) is 1. The van der Waals surface area contributed by atoms with Crippen molar-refractivity contribution in [1.82, 2.24) is 11.0 Å². The highest BCUT2D eigenvalue weighted by atomic mass is 79.9. The van der Waals surface area contributed by atoms with Crippen LogP contribution in [0.1, 0.15) is 5.56 Å². The van der Waals surface area contributed by atoms with Crippen molar-refractivity contribution < 1.29 is 9.53 Å². The van der Waals surface area contributed by atoms with E-state index in [4.69, 9.17) is 10.6 Å². The molecule has 0 aliphatic heterocycles. The predicted molar refractivity (Wildman–Crippen MR) is 92.1 cm³/mol. The van der Waals surface area contributed by atoms with Gasteiger partial charge in [-0.25, -0.2) is 4.79 Å². The SMILES string of the molecule is NNNC(=O)Nc1cccc(Br)c1OCc1ccccc1Br. The van der Waals surface area contributed by atoms with E-state index >= 15 is 0 Å². The Morgan fingerprint density at radius 1 is 1.09 bits per heavy atom. The highest BCUT2D eigenvalue weighted by molar-refractivity contribution is 9.10. The van der Waals surface area contributed by atoms with E-state index in [1.54, 1.807) is 12.1 Å². The number of urea groups is 1. The van der Waals surface area contributed by atoms with Crippen LogP contribution in [0.3, 0.4) is 0 Å². The summed E-state index contributed by atoms with van der Waals surface area (Å²) in [5.74, 6) is 5.57. The summed E-state index contributed by atoms with van der Waals surface area (Å²) in [6, 6.07) is 12.6. The van der Waals surface area contributed by atoms with Crippen LogP contribution >= 0.6 is 31.9 Å². The maximum Gasteiger partial charge on any atom is 0.334 e. The van der Waals surface area contributed by atoms with Crippen molar-refractivity contribution in [1.29, 1.82) is 0 Å². The Balaban J connectivity index is 2.16. The van der Waals surface area contributed by atoms with Crippen LogP contribution in [0.25, 0.3) is 0 Å². The molecule has 0 spiro atoms. The maximum absolute atomic E-state index is 11.6. The van der Waals surface area contributed by atoms with Crippen molar-refractivity contribution in [2.24, 2.45) is 5.84 Å². The lowest BCUT2D eigenvalue weighted by atomic mass is 10.2. The van der Waals surface area contributed by atoms with Gasteiger partial charge >= 0.3 is 6.03 Å². The van der Waals surface area contributed by atoms with Gasteiger partial charge in [0.05, 0.1) is 10.2 Å². The monoisotopic (exact) mass is 428 g/mol. The molecule has 0 saturated heterocycles. The number of amides is 2. The molecular weight excluding hydrogens is 416 g/mol. The number of benzene rings is 2. The molecule has 2 aromatic rings. The number of rotatable bonds is 5. The molecular formula is C14H14Br2N4O2. The fraction of sp³-hybridized carbons (Fsp3) is 0.0714. The zero-order chi connectivity index (χ0) is 15.9. The Hall–Kier alpha value is -1.61. The van der Waals surface area contributed by atoms with Crippen molar-refractivity contribution in [3.8, 4) is 5.75 Å². The third-order valence-electron chi connectivity index (χ3n) is 2.73. The summed E-state index contributed by atoms with van der Waals surface area (Å²) in [5.41, 5.74) is 5.81. The van der Waals surface area contributed by atoms with Crippen LogP contribution in [0.15, 0.2) is 51.4 Å². The minimum absolute atomic E-state index is 0.357. The summed E-state index contributed by atoms with van der Waals surface area (Å²) in [4.78, 5) is 11.6. The smallest absolute Gasteiger partial charge is 0.334 e. The van der Waals surface area contributed by atoms with Gasteiger partial charge in [0.2, 0.25) is 0 Å². The zero-order valence-corrected chi connectivity index (χ0v) is 14.6. The molecule has 0 unspecified atom stereocenters. The first-order chi connectivity index (χ1) is 10.6. The molecule has 22 heavy (non-hydrogen) atoms. The fourth-order valence-corrected chi connectivity index (χ4v) is 2.62. The third-order valence-corrected chi connectivity index (χ3v) is 4.13. The number of nitrogens with two attached hydrogens (primary N) is 1. The first-order valence-corrected chi connectivity index (χ1v) is 7.87. The van der Waals surface area contributed by atoms with Gasteiger partial charge in [0.25, 0.3) is 0 Å². The Labute approximate surface area is 144 Å². The van der Waals surface area contributed by atoms with Crippen molar-refractivity contribution in [3.05, 3.63) is 57.0 Å². The second-order valence-electron chi connectivity index (χ2n) is 4.22. The average Bonchev–Trinajstić information content (AvgIpc) is 2.48. The number of hydrogen-bond donors (Lipinski definition) is 4. The molecule has 0 bridgehead atoms. The molecule has 0 heterocycles. The first-order valence-electron chi connectivity index (χ1n) is 6.29. The summed E-state index contributed by atoms with van der Waals surface area (Å²) >= 11 is 6.89. The molecule has 0 aliphatic rings. The molecule has 0 aliphatic carbocycles. The molecule has 2 aromatic carbocycles. The quantitative estimate of drug-likeness (QED) is 0.433. The summed E-state index contributed by atoms with van der Waals surface area (Å²) in [5, 5.41) is 2.64. The van der Waals surface area contributed by atoms with Gasteiger partial charge in [-0.3, -0.25) is 11.3 Å². The highest BCUT2D eigenvalue weighted by Gasteiger charge is 2.11. The largest absolute Gasteiger partial charge is 0.485 e. The van der Waals surface area contributed by atoms with Crippen molar-refractivity contribution in [2.75, 3.05) is 5.32 Å². The van der Waals surface area contributed by atoms with Gasteiger partial charge < -0.3 is 10.1 Å². The number of anilines is 1. The number of halogens is 2. The predicted octanol–water partition coefficient (Wildman–Crippen LogP) is 3.29. The van der Waals surface area contributed by atoms with Crippen molar-refractivity contribution in [3.63, 3.8) is 0 Å². The normalized spacial score (nSPS) is 10.1. The van der Waals surface area contributed by atoms with Gasteiger partial charge in [-0.1, -0.05) is 40.2 Å². The van der Waals surface area contributed by atoms with E-state index in [2.05, 4.69) is 48.1 Å². The maximum atomic E-state index is 11.6. The number of para-hydroxylation sites is 1. The second-order valence-corrected chi connectivity index (χ2v) is 5.93. The van der Waals surface area contributed by atoms with Crippen LogP contribution in [0.2, 0.25) is 0 Å². The van der Waals surface area contributed by atoms with E-state index in [1.807, 2.05) is 30.3 Å². The Bertz CT molecular complexity index is 667. The van der Waals surface area contributed by atoms with E-state index in [1.165, 1.54) is 0 Å². The Morgan fingerprint density at radius 2 is 1.82 bits per heavy atom. The fourth-order valence-electron chi connectivity index (χ4n) is 1.74. The second kappa shape index (κ2) is 8.14. The van der Waals surface area contributed by atoms with E-state index in [9.17, 15) is 4.79 Å². The Morgan fingerprint density at radius 3 is 2.55 bits per heavy atom. The first kappa shape index (κ1) is 16.8. The minimum atomic E-state index is -0.494. The van der Waals surface area contributed by atoms with Gasteiger partial charge in [-0.2, -0.15) is 5.53 Å². The lowest BCUT2D eigenvalue weighted by Gasteiger charge is -2.15. The van der Waals surface area contributed by atoms with E-state index in [-0.39, 0.29) is 0 Å². The third kappa shape index (κ3) is 4.44. The average molecular weight is 430 g/mol. The minimum Gasteiger partial charge on any atom is -0.485 e. The molecule has 6 nitrogen and oxygen atoms in total. The van der Waals surface area contributed by atoms with E-state index in [0.717, 1.165) is 14.5 Å². The number of hydrazine groups is 2. The summed E-state index contributed by atoms with van der Waals surface area (Å²) in [6.45, 7) is 0.357. The highest BCUT2D eigenvalue weighted by Crippen LogP contribution is 2.34. The van der Waals surface area contributed by atoms with Gasteiger partial charge in [-0.05, 0) is 34.1 Å². The van der Waals surface area contributed by atoms with Gasteiger partial charge in [0.15, 0.2) is 5.75 Å². The molecule has 0 atom stereocenters. The van der Waals surface area contributed by atoms with Crippen molar-refractivity contribution >= 4 is 43.6 Å². The van der Waals surface area contributed by atoms with Crippen LogP contribution < -0.4 is 26.9 Å². The molecule has 0 fully saturated rings. The molecule has 2 rings (SSSR count). The van der Waals surface area contributed by atoms with E-state index in [0.29, 0.717) is 18.0 Å². The number of hydrogen-bond acceptors (Lipinski definition) is 4. The number of carbonyl (C=O) groups excluding carboxylic acids is 1. The van der Waals surface area contributed by atoms with Crippen LogP contribution in [-0.2, 0) is 6.61 Å². The van der Waals surface area contributed by atoms with Gasteiger partial charge in [0.1, 0.15) is 6.61 Å².